The SMILES string of the molecule is CC(Sc1n[nH]c(=O)[nH]c1=O)C(=O)N/N=C/c1cccc(Cl)c1Cl. The lowest BCUT2D eigenvalue weighted by atomic mass is 10.2. The molecule has 0 aliphatic heterocycles. The Morgan fingerprint density at radius 2 is 2.17 bits per heavy atom. The molecule has 1 heterocycles. The van der Waals surface area contributed by atoms with E-state index in [1.165, 1.54) is 6.21 Å². The van der Waals surface area contributed by atoms with Crippen LogP contribution in [0.1, 0.15) is 12.5 Å². The van der Waals surface area contributed by atoms with E-state index in [0.717, 1.165) is 11.8 Å². The molecule has 126 valence electrons. The van der Waals surface area contributed by atoms with Crippen LogP contribution in [0.3, 0.4) is 0 Å². The lowest BCUT2D eigenvalue weighted by Crippen LogP contribution is -2.30. The van der Waals surface area contributed by atoms with Gasteiger partial charge in [0.2, 0.25) is 0 Å². The van der Waals surface area contributed by atoms with E-state index in [1.54, 1.807) is 25.1 Å². The molecule has 1 aromatic carbocycles. The fourth-order valence-corrected chi connectivity index (χ4v) is 2.62. The largest absolute Gasteiger partial charge is 0.342 e. The quantitative estimate of drug-likeness (QED) is 0.406. The third-order valence-electron chi connectivity index (χ3n) is 2.70. The Balaban J connectivity index is 1.99. The molecule has 0 bridgehead atoms. The van der Waals surface area contributed by atoms with Gasteiger partial charge in [0.05, 0.1) is 21.5 Å². The predicted octanol–water partition coefficient (Wildman–Crippen LogP) is 1.40. The molecule has 1 amide bonds. The van der Waals surface area contributed by atoms with Crippen molar-refractivity contribution in [3.05, 3.63) is 54.6 Å². The average molecular weight is 388 g/mol. The fraction of sp³-hybridized carbons (Fsp3) is 0.154. The first kappa shape index (κ1) is 18.2. The first-order chi connectivity index (χ1) is 11.4. The molecule has 2 aromatic rings. The topological polar surface area (TPSA) is 120 Å². The standard InChI is InChI=1S/C13H11Cl2N5O3S/c1-6(24-12-11(22)17-13(23)20-19-12)10(21)18-16-5-7-3-2-4-8(14)9(7)15/h2-6H,1H3,(H,18,21)(H2,17,20,22,23)/b16-5+. The number of hydrogen-bond acceptors (Lipinski definition) is 6. The average Bonchev–Trinajstić information content (AvgIpc) is 2.54. The molecule has 0 saturated carbocycles. The van der Waals surface area contributed by atoms with Crippen LogP contribution in [-0.2, 0) is 4.79 Å². The summed E-state index contributed by atoms with van der Waals surface area (Å²) in [7, 11) is 0. The van der Waals surface area contributed by atoms with Crippen molar-refractivity contribution >= 4 is 47.1 Å². The van der Waals surface area contributed by atoms with Crippen LogP contribution in [0.2, 0.25) is 10.0 Å². The van der Waals surface area contributed by atoms with Crippen molar-refractivity contribution in [2.75, 3.05) is 0 Å². The van der Waals surface area contributed by atoms with Gasteiger partial charge in [0, 0.05) is 5.56 Å². The first-order valence-electron chi connectivity index (χ1n) is 6.51. The Kier molecular flexibility index (Phi) is 6.18. The van der Waals surface area contributed by atoms with Gasteiger partial charge in [-0.15, -0.1) is 0 Å². The Hall–Kier alpha value is -2.10. The van der Waals surface area contributed by atoms with Gasteiger partial charge in [0.25, 0.3) is 11.5 Å². The van der Waals surface area contributed by atoms with Gasteiger partial charge in [-0.05, 0) is 13.0 Å². The predicted molar refractivity (Wildman–Crippen MR) is 93.0 cm³/mol. The van der Waals surface area contributed by atoms with E-state index >= 15 is 0 Å². The molecule has 0 spiro atoms. The summed E-state index contributed by atoms with van der Waals surface area (Å²) < 4.78 is 0. The third kappa shape index (κ3) is 4.70. The van der Waals surface area contributed by atoms with E-state index in [0.29, 0.717) is 15.6 Å². The van der Waals surface area contributed by atoms with E-state index in [-0.39, 0.29) is 5.03 Å². The normalized spacial score (nSPS) is 12.3. The van der Waals surface area contributed by atoms with Crippen LogP contribution in [0.15, 0.2) is 37.9 Å². The molecule has 1 atom stereocenters. The van der Waals surface area contributed by atoms with Crippen LogP contribution in [0.25, 0.3) is 0 Å². The number of carbonyl (C=O) groups is 1. The number of hydrazone groups is 1. The molecule has 8 nitrogen and oxygen atoms in total. The zero-order valence-electron chi connectivity index (χ0n) is 12.2. The summed E-state index contributed by atoms with van der Waals surface area (Å²) in [5, 5.41) is 9.47. The van der Waals surface area contributed by atoms with Crippen molar-refractivity contribution in [1.82, 2.24) is 20.6 Å². The Bertz CT molecular complexity index is 896. The third-order valence-corrected chi connectivity index (χ3v) is 4.60. The number of rotatable bonds is 5. The molecule has 1 aromatic heterocycles. The zero-order chi connectivity index (χ0) is 17.7. The first-order valence-corrected chi connectivity index (χ1v) is 8.14. The maximum Gasteiger partial charge on any atom is 0.342 e. The van der Waals surface area contributed by atoms with Gasteiger partial charge in [-0.25, -0.2) is 15.3 Å². The van der Waals surface area contributed by atoms with Gasteiger partial charge in [-0.1, -0.05) is 47.1 Å². The number of nitrogens with zero attached hydrogens (tertiary/aromatic N) is 2. The summed E-state index contributed by atoms with van der Waals surface area (Å²) in [6.45, 7) is 1.56. The van der Waals surface area contributed by atoms with Crippen LogP contribution in [0.5, 0.6) is 0 Å². The lowest BCUT2D eigenvalue weighted by Gasteiger charge is -2.07. The van der Waals surface area contributed by atoms with Crippen LogP contribution >= 0.6 is 35.0 Å². The molecule has 0 aliphatic carbocycles. The molecule has 0 aliphatic rings. The van der Waals surface area contributed by atoms with Crippen molar-refractivity contribution in [2.24, 2.45) is 5.10 Å². The van der Waals surface area contributed by atoms with Gasteiger partial charge in [-0.3, -0.25) is 14.6 Å². The van der Waals surface area contributed by atoms with E-state index in [4.69, 9.17) is 23.2 Å². The van der Waals surface area contributed by atoms with Crippen molar-refractivity contribution in [3.63, 3.8) is 0 Å². The number of aromatic amines is 2. The summed E-state index contributed by atoms with van der Waals surface area (Å²) in [5.41, 5.74) is 1.48. The van der Waals surface area contributed by atoms with Gasteiger partial charge in [0.15, 0.2) is 5.03 Å². The summed E-state index contributed by atoms with van der Waals surface area (Å²) >= 11 is 12.7. The molecular formula is C13H11Cl2N5O3S. The Labute approximate surface area is 149 Å². The molecule has 0 saturated heterocycles. The minimum atomic E-state index is -0.718. The molecular weight excluding hydrogens is 377 g/mol. The van der Waals surface area contributed by atoms with E-state index in [9.17, 15) is 14.4 Å². The van der Waals surface area contributed by atoms with Crippen molar-refractivity contribution in [3.8, 4) is 0 Å². The highest BCUT2D eigenvalue weighted by atomic mass is 35.5. The smallest absolute Gasteiger partial charge is 0.272 e. The maximum absolute atomic E-state index is 12.0. The second-order valence-corrected chi connectivity index (χ2v) is 6.56. The lowest BCUT2D eigenvalue weighted by molar-refractivity contribution is -0.120. The van der Waals surface area contributed by atoms with Crippen molar-refractivity contribution in [1.29, 1.82) is 0 Å². The zero-order valence-corrected chi connectivity index (χ0v) is 14.5. The Morgan fingerprint density at radius 3 is 2.88 bits per heavy atom. The number of benzene rings is 1. The number of H-pyrrole nitrogens is 2. The van der Waals surface area contributed by atoms with Gasteiger partial charge >= 0.3 is 5.69 Å². The van der Waals surface area contributed by atoms with Gasteiger partial charge in [0.1, 0.15) is 0 Å². The van der Waals surface area contributed by atoms with Crippen molar-refractivity contribution < 1.29 is 4.79 Å². The molecule has 1 unspecified atom stereocenters. The highest BCUT2D eigenvalue weighted by Crippen LogP contribution is 2.24. The Morgan fingerprint density at radius 1 is 1.42 bits per heavy atom. The van der Waals surface area contributed by atoms with Gasteiger partial charge < -0.3 is 0 Å². The summed E-state index contributed by atoms with van der Waals surface area (Å²) in [6, 6.07) is 5.02. The number of aromatic nitrogens is 3. The van der Waals surface area contributed by atoms with Crippen LogP contribution in [0, 0.1) is 0 Å². The molecule has 24 heavy (non-hydrogen) atoms. The van der Waals surface area contributed by atoms with Crippen LogP contribution in [0.4, 0.5) is 0 Å². The van der Waals surface area contributed by atoms with Crippen LogP contribution in [-0.4, -0.2) is 32.6 Å². The molecule has 3 N–H and O–H groups in total. The fourth-order valence-electron chi connectivity index (χ4n) is 1.51. The molecule has 0 fully saturated rings. The van der Waals surface area contributed by atoms with E-state index in [2.05, 4.69) is 20.7 Å². The summed E-state index contributed by atoms with van der Waals surface area (Å²) in [4.78, 5) is 36.4. The second-order valence-electron chi connectivity index (χ2n) is 4.45. The highest BCUT2D eigenvalue weighted by Gasteiger charge is 2.17. The van der Waals surface area contributed by atoms with Crippen molar-refractivity contribution in [2.45, 2.75) is 17.2 Å². The van der Waals surface area contributed by atoms with E-state index < -0.39 is 22.4 Å². The molecule has 11 heteroatoms. The number of carbonyl (C=O) groups excluding carboxylic acids is 1. The number of nitrogens with one attached hydrogen (secondary N) is 3. The number of amides is 1. The van der Waals surface area contributed by atoms with Crippen LogP contribution < -0.4 is 16.7 Å². The minimum Gasteiger partial charge on any atom is -0.272 e. The second kappa shape index (κ2) is 8.13. The minimum absolute atomic E-state index is 0.0286. The number of hydrogen-bond donors (Lipinski definition) is 3. The number of thioether (sulfide) groups is 1. The molecule has 0 radical (unpaired) electrons. The summed E-state index contributed by atoms with van der Waals surface area (Å²) in [6.07, 6.45) is 1.36. The maximum atomic E-state index is 12.0. The molecule has 2 rings (SSSR count). The van der Waals surface area contributed by atoms with E-state index in [1.807, 2.05) is 4.98 Å². The van der Waals surface area contributed by atoms with Gasteiger partial charge in [-0.2, -0.15) is 10.2 Å². The summed E-state index contributed by atoms with van der Waals surface area (Å²) in [5.74, 6) is -0.457. The number of halogens is 2. The monoisotopic (exact) mass is 387 g/mol. The highest BCUT2D eigenvalue weighted by molar-refractivity contribution is 8.00.